The second-order valence-corrected chi connectivity index (χ2v) is 6.18. The van der Waals surface area contributed by atoms with Crippen molar-refractivity contribution in [3.8, 4) is 0 Å². The Hall–Kier alpha value is -2.71. The van der Waals surface area contributed by atoms with Crippen molar-refractivity contribution >= 4 is 29.0 Å². The molecule has 0 radical (unpaired) electrons. The summed E-state index contributed by atoms with van der Waals surface area (Å²) in [5.41, 5.74) is 3.62. The topological polar surface area (TPSA) is 111 Å². The van der Waals surface area contributed by atoms with Gasteiger partial charge in [-0.15, -0.1) is 0 Å². The van der Waals surface area contributed by atoms with Crippen molar-refractivity contribution in [2.45, 2.75) is 19.8 Å². The number of hydrogen-bond donors (Lipinski definition) is 4. The maximum absolute atomic E-state index is 11.5. The van der Waals surface area contributed by atoms with Crippen LogP contribution in [0.15, 0.2) is 24.4 Å². The van der Waals surface area contributed by atoms with E-state index >= 15 is 0 Å². The Bertz CT molecular complexity index is 790. The predicted octanol–water partition coefficient (Wildman–Crippen LogP) is 1.20. The summed E-state index contributed by atoms with van der Waals surface area (Å²) in [7, 11) is 0. The fourth-order valence-corrected chi connectivity index (χ4v) is 2.97. The molecule has 1 aromatic carbocycles. The van der Waals surface area contributed by atoms with Crippen LogP contribution < -0.4 is 15.5 Å². The molecule has 26 heavy (non-hydrogen) atoms. The van der Waals surface area contributed by atoms with E-state index in [4.69, 9.17) is 0 Å². The lowest BCUT2D eigenvalue weighted by molar-refractivity contribution is -0.116. The van der Waals surface area contributed by atoms with Crippen molar-refractivity contribution in [3.63, 3.8) is 0 Å². The number of carbonyl (C=O) groups excluding carboxylic acids is 1. The van der Waals surface area contributed by atoms with Crippen LogP contribution in [0.3, 0.4) is 0 Å². The van der Waals surface area contributed by atoms with Crippen LogP contribution in [0.5, 0.6) is 0 Å². The number of aliphatic hydroxyl groups excluding tert-OH is 2. The van der Waals surface area contributed by atoms with Crippen molar-refractivity contribution in [2.24, 2.45) is 0 Å². The molecule has 8 heteroatoms. The Morgan fingerprint density at radius 1 is 1.23 bits per heavy atom. The van der Waals surface area contributed by atoms with Crippen LogP contribution >= 0.6 is 0 Å². The van der Waals surface area contributed by atoms with Gasteiger partial charge in [-0.3, -0.25) is 4.79 Å². The van der Waals surface area contributed by atoms with Gasteiger partial charge in [-0.2, -0.15) is 4.98 Å². The van der Waals surface area contributed by atoms with E-state index < -0.39 is 0 Å². The summed E-state index contributed by atoms with van der Waals surface area (Å²) in [6.45, 7) is 2.61. The third kappa shape index (κ3) is 4.09. The number of aliphatic hydroxyl groups is 2. The standard InChI is InChI=1S/C18H23N5O3/c1-12-11-19-18(22-17(12)23(6-8-24)7-9-25)20-14-3-4-15-13(10-14)2-5-16(26)21-15/h3-4,10-11,24-25H,2,5-9H2,1H3,(H,21,26)(H,19,20,22). The van der Waals surface area contributed by atoms with Crippen LogP contribution in [0.4, 0.5) is 23.1 Å². The Morgan fingerprint density at radius 2 is 2.00 bits per heavy atom. The van der Waals surface area contributed by atoms with E-state index in [0.29, 0.717) is 37.7 Å². The highest BCUT2D eigenvalue weighted by atomic mass is 16.3. The molecular formula is C18H23N5O3. The molecule has 4 N–H and O–H groups in total. The Kier molecular flexibility index (Phi) is 5.65. The zero-order chi connectivity index (χ0) is 18.5. The van der Waals surface area contributed by atoms with Crippen molar-refractivity contribution in [1.82, 2.24) is 9.97 Å². The minimum atomic E-state index is -0.0251. The summed E-state index contributed by atoms with van der Waals surface area (Å²) in [5.74, 6) is 1.15. The Morgan fingerprint density at radius 3 is 2.73 bits per heavy atom. The van der Waals surface area contributed by atoms with Crippen LogP contribution in [0.25, 0.3) is 0 Å². The van der Waals surface area contributed by atoms with E-state index in [1.165, 1.54) is 0 Å². The summed E-state index contributed by atoms with van der Waals surface area (Å²) < 4.78 is 0. The molecular weight excluding hydrogens is 334 g/mol. The fraction of sp³-hybridized carbons (Fsp3) is 0.389. The average Bonchev–Trinajstić information content (AvgIpc) is 2.63. The van der Waals surface area contributed by atoms with Gasteiger partial charge in [0.05, 0.1) is 13.2 Å². The zero-order valence-corrected chi connectivity index (χ0v) is 14.7. The van der Waals surface area contributed by atoms with E-state index in [-0.39, 0.29) is 19.1 Å². The van der Waals surface area contributed by atoms with Gasteiger partial charge in [0.2, 0.25) is 11.9 Å². The van der Waals surface area contributed by atoms with Gasteiger partial charge in [-0.25, -0.2) is 4.98 Å². The molecule has 1 aliphatic heterocycles. The zero-order valence-electron chi connectivity index (χ0n) is 14.7. The van der Waals surface area contributed by atoms with E-state index in [1.54, 1.807) is 6.20 Å². The van der Waals surface area contributed by atoms with Gasteiger partial charge in [0.15, 0.2) is 0 Å². The Labute approximate surface area is 151 Å². The molecule has 0 saturated carbocycles. The summed E-state index contributed by atoms with van der Waals surface area (Å²) >= 11 is 0. The summed E-state index contributed by atoms with van der Waals surface area (Å²) in [6.07, 6.45) is 2.90. The lowest BCUT2D eigenvalue weighted by Gasteiger charge is -2.24. The van der Waals surface area contributed by atoms with Gasteiger partial charge in [0, 0.05) is 42.6 Å². The lowest BCUT2D eigenvalue weighted by atomic mass is 10.0. The summed E-state index contributed by atoms with van der Waals surface area (Å²) in [4.78, 5) is 22.1. The number of nitrogens with one attached hydrogen (secondary N) is 2. The molecule has 8 nitrogen and oxygen atoms in total. The highest BCUT2D eigenvalue weighted by molar-refractivity contribution is 5.94. The Balaban J connectivity index is 1.82. The summed E-state index contributed by atoms with van der Waals surface area (Å²) in [6, 6.07) is 5.72. The first-order valence-electron chi connectivity index (χ1n) is 8.61. The van der Waals surface area contributed by atoms with Crippen molar-refractivity contribution in [3.05, 3.63) is 35.5 Å². The van der Waals surface area contributed by atoms with Gasteiger partial charge in [0.1, 0.15) is 5.82 Å². The monoisotopic (exact) mass is 357 g/mol. The molecule has 0 atom stereocenters. The van der Waals surface area contributed by atoms with Crippen molar-refractivity contribution in [1.29, 1.82) is 0 Å². The van der Waals surface area contributed by atoms with Crippen molar-refractivity contribution < 1.29 is 15.0 Å². The second-order valence-electron chi connectivity index (χ2n) is 6.18. The first kappa shape index (κ1) is 18.1. The van der Waals surface area contributed by atoms with Crippen LogP contribution in [0.2, 0.25) is 0 Å². The molecule has 0 unspecified atom stereocenters. The molecule has 1 amide bonds. The molecule has 0 bridgehead atoms. The predicted molar refractivity (Wildman–Crippen MR) is 99.8 cm³/mol. The SMILES string of the molecule is Cc1cnc(Nc2ccc3c(c2)CCC(=O)N3)nc1N(CCO)CCO. The molecule has 0 aliphatic carbocycles. The van der Waals surface area contributed by atoms with Crippen molar-refractivity contribution in [2.75, 3.05) is 41.8 Å². The molecule has 2 aromatic rings. The highest BCUT2D eigenvalue weighted by Gasteiger charge is 2.16. The third-order valence-electron chi connectivity index (χ3n) is 4.24. The van der Waals surface area contributed by atoms with Gasteiger partial charge >= 0.3 is 0 Å². The van der Waals surface area contributed by atoms with Crippen LogP contribution in [-0.4, -0.2) is 52.4 Å². The molecule has 3 rings (SSSR count). The largest absolute Gasteiger partial charge is 0.395 e. The number of benzene rings is 1. The minimum Gasteiger partial charge on any atom is -0.395 e. The number of aryl methyl sites for hydroxylation is 2. The number of aromatic nitrogens is 2. The molecule has 0 spiro atoms. The smallest absolute Gasteiger partial charge is 0.229 e. The van der Waals surface area contributed by atoms with Crippen LogP contribution in [-0.2, 0) is 11.2 Å². The van der Waals surface area contributed by atoms with Gasteiger partial charge < -0.3 is 25.7 Å². The van der Waals surface area contributed by atoms with Gasteiger partial charge in [0.25, 0.3) is 0 Å². The number of carbonyl (C=O) groups is 1. The van der Waals surface area contributed by atoms with Gasteiger partial charge in [-0.1, -0.05) is 0 Å². The quantitative estimate of drug-likeness (QED) is 0.589. The van der Waals surface area contributed by atoms with E-state index in [1.807, 2.05) is 30.0 Å². The second kappa shape index (κ2) is 8.11. The molecule has 2 heterocycles. The number of rotatable bonds is 7. The number of amides is 1. The molecule has 138 valence electrons. The molecule has 1 aromatic heterocycles. The number of nitrogens with zero attached hydrogens (tertiary/aromatic N) is 3. The van der Waals surface area contributed by atoms with Gasteiger partial charge in [-0.05, 0) is 37.1 Å². The maximum atomic E-state index is 11.5. The number of hydrogen-bond acceptors (Lipinski definition) is 7. The lowest BCUT2D eigenvalue weighted by Crippen LogP contribution is -2.31. The number of fused-ring (bicyclic) bond motifs is 1. The van der Waals surface area contributed by atoms with E-state index in [9.17, 15) is 15.0 Å². The average molecular weight is 357 g/mol. The number of anilines is 4. The summed E-state index contributed by atoms with van der Waals surface area (Å²) in [5, 5.41) is 24.5. The minimum absolute atomic E-state index is 0.0251. The molecule has 0 saturated heterocycles. The highest BCUT2D eigenvalue weighted by Crippen LogP contribution is 2.27. The van der Waals surface area contributed by atoms with E-state index in [2.05, 4.69) is 20.6 Å². The van der Waals surface area contributed by atoms with Crippen LogP contribution in [0, 0.1) is 6.92 Å². The first-order valence-corrected chi connectivity index (χ1v) is 8.61. The van der Waals surface area contributed by atoms with Crippen LogP contribution in [0.1, 0.15) is 17.5 Å². The normalized spacial score (nSPS) is 13.1. The first-order chi connectivity index (χ1) is 12.6. The van der Waals surface area contributed by atoms with E-state index in [0.717, 1.165) is 22.5 Å². The molecule has 0 fully saturated rings. The fourth-order valence-electron chi connectivity index (χ4n) is 2.97. The molecule has 1 aliphatic rings. The maximum Gasteiger partial charge on any atom is 0.229 e. The third-order valence-corrected chi connectivity index (χ3v) is 4.24.